The first-order valence-electron chi connectivity index (χ1n) is 4.02. The van der Waals surface area contributed by atoms with Crippen molar-refractivity contribution in [1.82, 2.24) is 0 Å². The average molecular weight is 241 g/mol. The maximum absolute atomic E-state index is 5.01. The summed E-state index contributed by atoms with van der Waals surface area (Å²) < 4.78 is 5.01. The fourth-order valence-electron chi connectivity index (χ4n) is 0.815. The van der Waals surface area contributed by atoms with Gasteiger partial charge in [0.15, 0.2) is 0 Å². The lowest BCUT2D eigenvalue weighted by molar-refractivity contribution is 0.198. The van der Waals surface area contributed by atoms with Crippen LogP contribution in [0.1, 0.15) is 19.8 Å². The standard InChI is InChI=1S/C8H17BrOS/c1-3-11-6-4-5-8(9)7-10-2/h8H,3-7H2,1-2H3. The van der Waals surface area contributed by atoms with Gasteiger partial charge in [-0.05, 0) is 24.3 Å². The quantitative estimate of drug-likeness (QED) is 0.500. The number of methoxy groups -OCH3 is 1. The van der Waals surface area contributed by atoms with Crippen molar-refractivity contribution in [3.05, 3.63) is 0 Å². The molecule has 0 rings (SSSR count). The lowest BCUT2D eigenvalue weighted by Gasteiger charge is -2.06. The van der Waals surface area contributed by atoms with Crippen molar-refractivity contribution in [3.63, 3.8) is 0 Å². The van der Waals surface area contributed by atoms with E-state index in [2.05, 4.69) is 22.9 Å². The minimum absolute atomic E-state index is 0.546. The highest BCUT2D eigenvalue weighted by molar-refractivity contribution is 9.09. The molecule has 0 radical (unpaired) electrons. The summed E-state index contributed by atoms with van der Waals surface area (Å²) in [4.78, 5) is 0.546. The second-order valence-corrected chi connectivity index (χ2v) is 5.08. The van der Waals surface area contributed by atoms with E-state index in [4.69, 9.17) is 4.74 Å². The SMILES string of the molecule is CCSCCCC(Br)COC. The van der Waals surface area contributed by atoms with Gasteiger partial charge in [0.05, 0.1) is 6.61 Å². The van der Waals surface area contributed by atoms with Crippen LogP contribution in [0.25, 0.3) is 0 Å². The van der Waals surface area contributed by atoms with Crippen LogP contribution in [0.2, 0.25) is 0 Å². The summed E-state index contributed by atoms with van der Waals surface area (Å²) in [6.07, 6.45) is 2.51. The maximum atomic E-state index is 5.01. The first-order valence-corrected chi connectivity index (χ1v) is 6.09. The van der Waals surface area contributed by atoms with Gasteiger partial charge >= 0.3 is 0 Å². The Balaban J connectivity index is 2.97. The predicted molar refractivity (Wildman–Crippen MR) is 56.8 cm³/mol. The zero-order valence-corrected chi connectivity index (χ0v) is 9.71. The maximum Gasteiger partial charge on any atom is 0.0587 e. The highest BCUT2D eigenvalue weighted by atomic mass is 79.9. The van der Waals surface area contributed by atoms with Crippen LogP contribution in [0.4, 0.5) is 0 Å². The van der Waals surface area contributed by atoms with E-state index in [1.54, 1.807) is 7.11 Å². The Hall–Kier alpha value is 0.790. The van der Waals surface area contributed by atoms with E-state index < -0.39 is 0 Å². The molecule has 0 aliphatic rings. The first-order chi connectivity index (χ1) is 5.31. The molecule has 3 heteroatoms. The van der Waals surface area contributed by atoms with E-state index in [0.717, 1.165) is 6.61 Å². The number of thioether (sulfide) groups is 1. The molecule has 0 spiro atoms. The summed E-state index contributed by atoms with van der Waals surface area (Å²) in [5, 5.41) is 0. The molecule has 0 aromatic heterocycles. The molecule has 0 aromatic rings. The topological polar surface area (TPSA) is 9.23 Å². The zero-order chi connectivity index (χ0) is 8.53. The molecule has 1 atom stereocenters. The van der Waals surface area contributed by atoms with Gasteiger partial charge in [0.25, 0.3) is 0 Å². The lowest BCUT2D eigenvalue weighted by Crippen LogP contribution is -2.06. The minimum Gasteiger partial charge on any atom is -0.384 e. The molecule has 1 nitrogen and oxygen atoms in total. The molecule has 0 amide bonds. The first kappa shape index (κ1) is 11.8. The number of hydrogen-bond donors (Lipinski definition) is 0. The van der Waals surface area contributed by atoms with Crippen LogP contribution in [0.15, 0.2) is 0 Å². The monoisotopic (exact) mass is 240 g/mol. The van der Waals surface area contributed by atoms with E-state index in [0.29, 0.717) is 4.83 Å². The molecule has 0 saturated heterocycles. The Morgan fingerprint density at radius 1 is 1.55 bits per heavy atom. The summed E-state index contributed by atoms with van der Waals surface area (Å²) in [6, 6.07) is 0. The number of rotatable bonds is 7. The summed E-state index contributed by atoms with van der Waals surface area (Å²) in [5.74, 6) is 2.51. The third-order valence-electron chi connectivity index (χ3n) is 1.36. The Bertz CT molecular complexity index is 80.5. The molecule has 0 aliphatic heterocycles. The molecule has 0 N–H and O–H groups in total. The van der Waals surface area contributed by atoms with Crippen LogP contribution in [0, 0.1) is 0 Å². The lowest BCUT2D eigenvalue weighted by atomic mass is 10.3. The fraction of sp³-hybridized carbons (Fsp3) is 1.00. The van der Waals surface area contributed by atoms with Gasteiger partial charge < -0.3 is 4.74 Å². The molecular formula is C8H17BrOS. The van der Waals surface area contributed by atoms with Gasteiger partial charge in [-0.3, -0.25) is 0 Å². The van der Waals surface area contributed by atoms with Crippen LogP contribution >= 0.6 is 27.7 Å². The Morgan fingerprint density at radius 3 is 2.82 bits per heavy atom. The average Bonchev–Trinajstić information content (AvgIpc) is 1.99. The van der Waals surface area contributed by atoms with Crippen molar-refractivity contribution in [1.29, 1.82) is 0 Å². The molecule has 0 bridgehead atoms. The minimum atomic E-state index is 0.546. The van der Waals surface area contributed by atoms with E-state index in [9.17, 15) is 0 Å². The van der Waals surface area contributed by atoms with E-state index in [1.165, 1.54) is 24.3 Å². The van der Waals surface area contributed by atoms with Crippen LogP contribution in [-0.2, 0) is 4.74 Å². The van der Waals surface area contributed by atoms with Crippen molar-refractivity contribution in [2.75, 3.05) is 25.2 Å². The molecule has 0 aromatic carbocycles. The molecule has 0 aliphatic carbocycles. The van der Waals surface area contributed by atoms with Crippen LogP contribution < -0.4 is 0 Å². The second kappa shape index (κ2) is 8.88. The van der Waals surface area contributed by atoms with Crippen molar-refractivity contribution in [3.8, 4) is 0 Å². The molecule has 0 fully saturated rings. The molecule has 0 saturated carbocycles. The number of hydrogen-bond acceptors (Lipinski definition) is 2. The smallest absolute Gasteiger partial charge is 0.0587 e. The van der Waals surface area contributed by atoms with Crippen LogP contribution in [0.5, 0.6) is 0 Å². The molecule has 1 unspecified atom stereocenters. The zero-order valence-electron chi connectivity index (χ0n) is 7.31. The number of halogens is 1. The fourth-order valence-corrected chi connectivity index (χ4v) is 2.06. The van der Waals surface area contributed by atoms with Gasteiger partial charge in [-0.2, -0.15) is 11.8 Å². The molecular weight excluding hydrogens is 224 g/mol. The van der Waals surface area contributed by atoms with Gasteiger partial charge in [0.2, 0.25) is 0 Å². The summed E-state index contributed by atoms with van der Waals surface area (Å²) in [6.45, 7) is 3.03. The predicted octanol–water partition coefficient (Wildman–Crippen LogP) is 2.93. The largest absolute Gasteiger partial charge is 0.384 e. The normalized spacial score (nSPS) is 13.4. The van der Waals surface area contributed by atoms with Gasteiger partial charge in [0, 0.05) is 11.9 Å². The highest BCUT2D eigenvalue weighted by Gasteiger charge is 2.01. The summed E-state index contributed by atoms with van der Waals surface area (Å²) in [5.41, 5.74) is 0. The van der Waals surface area contributed by atoms with Gasteiger partial charge in [-0.15, -0.1) is 0 Å². The number of alkyl halides is 1. The van der Waals surface area contributed by atoms with Gasteiger partial charge in [-0.25, -0.2) is 0 Å². The van der Waals surface area contributed by atoms with E-state index >= 15 is 0 Å². The third kappa shape index (κ3) is 8.70. The van der Waals surface area contributed by atoms with Crippen molar-refractivity contribution < 1.29 is 4.74 Å². The summed E-state index contributed by atoms with van der Waals surface area (Å²) >= 11 is 5.56. The van der Waals surface area contributed by atoms with Crippen LogP contribution in [0.3, 0.4) is 0 Å². The van der Waals surface area contributed by atoms with Gasteiger partial charge in [-0.1, -0.05) is 22.9 Å². The Morgan fingerprint density at radius 2 is 2.27 bits per heavy atom. The van der Waals surface area contributed by atoms with Crippen molar-refractivity contribution in [2.24, 2.45) is 0 Å². The second-order valence-electron chi connectivity index (χ2n) is 2.39. The van der Waals surface area contributed by atoms with Crippen LogP contribution in [-0.4, -0.2) is 30.0 Å². The molecule has 68 valence electrons. The Kier molecular flexibility index (Phi) is 9.52. The van der Waals surface area contributed by atoms with E-state index in [-0.39, 0.29) is 0 Å². The van der Waals surface area contributed by atoms with Gasteiger partial charge in [0.1, 0.15) is 0 Å². The van der Waals surface area contributed by atoms with E-state index in [1.807, 2.05) is 11.8 Å². The third-order valence-corrected chi connectivity index (χ3v) is 3.07. The molecule has 0 heterocycles. The van der Waals surface area contributed by atoms with Crippen molar-refractivity contribution in [2.45, 2.75) is 24.6 Å². The number of ether oxygens (including phenoxy) is 1. The highest BCUT2D eigenvalue weighted by Crippen LogP contribution is 2.11. The van der Waals surface area contributed by atoms with Crippen molar-refractivity contribution >= 4 is 27.7 Å². The molecule has 11 heavy (non-hydrogen) atoms. The Labute approximate surface area is 82.4 Å². The summed E-state index contributed by atoms with van der Waals surface area (Å²) in [7, 11) is 1.75.